The van der Waals surface area contributed by atoms with Crippen molar-refractivity contribution in [3.8, 4) is 0 Å². The summed E-state index contributed by atoms with van der Waals surface area (Å²) in [6.07, 6.45) is -0.298. The molecule has 3 aromatic rings. The van der Waals surface area contributed by atoms with Crippen molar-refractivity contribution in [2.24, 2.45) is 0 Å². The number of hydrogen-bond donors (Lipinski definition) is 4. The van der Waals surface area contributed by atoms with Gasteiger partial charge in [-0.1, -0.05) is 11.6 Å². The largest absolute Gasteiger partial charge is 0.394 e. The van der Waals surface area contributed by atoms with E-state index < -0.39 is 31.1 Å². The first kappa shape index (κ1) is 20.4. The number of nitrogens with one attached hydrogen (secondary N) is 1. The van der Waals surface area contributed by atoms with E-state index in [1.165, 1.54) is 12.7 Å². The van der Waals surface area contributed by atoms with Crippen LogP contribution in [0.1, 0.15) is 12.6 Å². The summed E-state index contributed by atoms with van der Waals surface area (Å²) in [6, 6.07) is 7.96. The van der Waals surface area contributed by atoms with Crippen LogP contribution in [0, 0.1) is 0 Å². The lowest BCUT2D eigenvalue weighted by Crippen LogP contribution is -2.33. The number of aliphatic hydroxyl groups is 3. The number of aromatic nitrogens is 4. The molecule has 31 heavy (non-hydrogen) atoms. The summed E-state index contributed by atoms with van der Waals surface area (Å²) < 4.78 is 7.16. The van der Waals surface area contributed by atoms with Crippen LogP contribution in [0.4, 0.5) is 11.5 Å². The van der Waals surface area contributed by atoms with Crippen LogP contribution in [0.5, 0.6) is 0 Å². The summed E-state index contributed by atoms with van der Waals surface area (Å²) in [4.78, 5) is 15.3. The lowest BCUT2D eigenvalue weighted by molar-refractivity contribution is -0.0511. The Labute approximate surface area is 183 Å². The molecule has 4 heterocycles. The molecular weight excluding hydrogens is 424 g/mol. The monoisotopic (exact) mass is 446 g/mol. The molecule has 5 rings (SSSR count). The molecule has 2 saturated heterocycles. The molecule has 1 aromatic carbocycles. The van der Waals surface area contributed by atoms with Gasteiger partial charge in [-0.25, -0.2) is 15.0 Å². The molecule has 11 heteroatoms. The zero-order valence-electron chi connectivity index (χ0n) is 16.5. The van der Waals surface area contributed by atoms with E-state index >= 15 is 0 Å². The second-order valence-electron chi connectivity index (χ2n) is 7.83. The Hall–Kier alpha value is -2.50. The van der Waals surface area contributed by atoms with Gasteiger partial charge in [0.2, 0.25) is 0 Å². The molecule has 0 spiro atoms. The summed E-state index contributed by atoms with van der Waals surface area (Å²) in [6.45, 7) is 1.32. The Morgan fingerprint density at radius 3 is 2.68 bits per heavy atom. The molecule has 2 aliphatic rings. The smallest absolute Gasteiger partial charge is 0.167 e. The standard InChI is InChI=1S/C20H23ClN6O4/c21-11-1-3-13(4-2-11)26-6-5-12(7-26)25-18-15-19(23-9-22-18)27(10-24-15)20-17(30)16(29)14(8-28)31-20/h1-4,9-10,12,14,16-17,20,28-30H,5-8H2,(H,22,23,25)/t12-,14+,16-,17-,20?/m0/s1. The maximum Gasteiger partial charge on any atom is 0.167 e. The van der Waals surface area contributed by atoms with E-state index in [2.05, 4.69) is 25.2 Å². The van der Waals surface area contributed by atoms with Crippen LogP contribution in [0.2, 0.25) is 5.02 Å². The fraction of sp³-hybridized carbons (Fsp3) is 0.450. The van der Waals surface area contributed by atoms with Gasteiger partial charge in [0, 0.05) is 29.8 Å². The highest BCUT2D eigenvalue weighted by Crippen LogP contribution is 2.32. The first-order valence-corrected chi connectivity index (χ1v) is 10.5. The minimum Gasteiger partial charge on any atom is -0.394 e. The van der Waals surface area contributed by atoms with Crippen LogP contribution < -0.4 is 10.2 Å². The van der Waals surface area contributed by atoms with E-state index in [-0.39, 0.29) is 6.04 Å². The lowest BCUT2D eigenvalue weighted by atomic mass is 10.1. The topological polar surface area (TPSA) is 129 Å². The Kier molecular flexibility index (Phi) is 5.40. The Morgan fingerprint density at radius 2 is 1.94 bits per heavy atom. The zero-order chi connectivity index (χ0) is 21.5. The van der Waals surface area contributed by atoms with E-state index in [1.54, 1.807) is 4.57 Å². The number of anilines is 2. The number of aliphatic hydroxyl groups excluding tert-OH is 3. The molecule has 4 N–H and O–H groups in total. The maximum absolute atomic E-state index is 10.3. The van der Waals surface area contributed by atoms with Crippen molar-refractivity contribution in [2.45, 2.75) is 37.0 Å². The van der Waals surface area contributed by atoms with Crippen molar-refractivity contribution in [3.63, 3.8) is 0 Å². The van der Waals surface area contributed by atoms with Gasteiger partial charge in [0.15, 0.2) is 23.2 Å². The summed E-state index contributed by atoms with van der Waals surface area (Å²) in [7, 11) is 0. The van der Waals surface area contributed by atoms with Crippen molar-refractivity contribution >= 4 is 34.3 Å². The lowest BCUT2D eigenvalue weighted by Gasteiger charge is -2.19. The van der Waals surface area contributed by atoms with E-state index in [4.69, 9.17) is 16.3 Å². The van der Waals surface area contributed by atoms with Crippen LogP contribution in [0.15, 0.2) is 36.9 Å². The molecule has 0 aliphatic carbocycles. The van der Waals surface area contributed by atoms with Crippen molar-refractivity contribution in [1.82, 2.24) is 19.5 Å². The van der Waals surface area contributed by atoms with Gasteiger partial charge in [0.25, 0.3) is 0 Å². The van der Waals surface area contributed by atoms with Crippen LogP contribution in [-0.4, -0.2) is 78.9 Å². The third-order valence-corrected chi connectivity index (χ3v) is 6.12. The molecule has 10 nitrogen and oxygen atoms in total. The molecule has 0 amide bonds. The minimum atomic E-state index is -1.20. The van der Waals surface area contributed by atoms with Crippen molar-refractivity contribution in [2.75, 3.05) is 29.9 Å². The molecule has 0 radical (unpaired) electrons. The van der Waals surface area contributed by atoms with E-state index in [0.29, 0.717) is 22.0 Å². The average Bonchev–Trinajstić information content (AvgIpc) is 3.48. The summed E-state index contributed by atoms with van der Waals surface area (Å²) in [5, 5.41) is 33.9. The van der Waals surface area contributed by atoms with Crippen LogP contribution in [-0.2, 0) is 4.74 Å². The fourth-order valence-electron chi connectivity index (χ4n) is 4.21. The van der Waals surface area contributed by atoms with Crippen molar-refractivity contribution < 1.29 is 20.1 Å². The van der Waals surface area contributed by atoms with Crippen LogP contribution >= 0.6 is 11.6 Å². The predicted molar refractivity (Wildman–Crippen MR) is 114 cm³/mol. The molecule has 5 atom stereocenters. The molecule has 0 bridgehead atoms. The molecular formula is C20H23ClN6O4. The minimum absolute atomic E-state index is 0.174. The molecule has 164 valence electrons. The Balaban J connectivity index is 1.34. The Morgan fingerprint density at radius 1 is 1.13 bits per heavy atom. The summed E-state index contributed by atoms with van der Waals surface area (Å²) >= 11 is 5.99. The van der Waals surface area contributed by atoms with Crippen molar-refractivity contribution in [1.29, 1.82) is 0 Å². The third-order valence-electron chi connectivity index (χ3n) is 5.87. The maximum atomic E-state index is 10.3. The highest BCUT2D eigenvalue weighted by atomic mass is 35.5. The van der Waals surface area contributed by atoms with E-state index in [1.807, 2.05) is 24.3 Å². The number of benzene rings is 1. The molecule has 0 saturated carbocycles. The predicted octanol–water partition coefficient (Wildman–Crippen LogP) is 0.782. The van der Waals surface area contributed by atoms with Gasteiger partial charge in [0.1, 0.15) is 24.6 Å². The highest BCUT2D eigenvalue weighted by Gasteiger charge is 2.44. The number of ether oxygens (including phenoxy) is 1. The van der Waals surface area contributed by atoms with Gasteiger partial charge < -0.3 is 30.3 Å². The average molecular weight is 447 g/mol. The fourth-order valence-corrected chi connectivity index (χ4v) is 4.34. The first-order valence-electron chi connectivity index (χ1n) is 10.1. The van der Waals surface area contributed by atoms with Gasteiger partial charge in [-0.15, -0.1) is 0 Å². The number of hydrogen-bond acceptors (Lipinski definition) is 9. The summed E-state index contributed by atoms with van der Waals surface area (Å²) in [5.74, 6) is 0.596. The second kappa shape index (κ2) is 8.21. The third kappa shape index (κ3) is 3.70. The molecule has 2 aliphatic heterocycles. The number of fused-ring (bicyclic) bond motifs is 1. The van der Waals surface area contributed by atoms with E-state index in [0.717, 1.165) is 25.2 Å². The number of halogens is 1. The van der Waals surface area contributed by atoms with Gasteiger partial charge >= 0.3 is 0 Å². The Bertz CT molecular complexity index is 1060. The SMILES string of the molecule is OC[C@H]1OC(n2cnc3c(N[C@H]4CCN(c5ccc(Cl)cc5)C4)ncnc32)[C@@H](O)[C@H]1O. The number of nitrogens with zero attached hydrogens (tertiary/aromatic N) is 5. The van der Waals surface area contributed by atoms with E-state index in [9.17, 15) is 15.3 Å². The molecule has 2 fully saturated rings. The molecule has 1 unspecified atom stereocenters. The van der Waals surface area contributed by atoms with Crippen LogP contribution in [0.3, 0.4) is 0 Å². The normalized spacial score (nSPS) is 28.5. The number of rotatable bonds is 5. The quantitative estimate of drug-likeness (QED) is 0.449. The van der Waals surface area contributed by atoms with Gasteiger partial charge in [0.05, 0.1) is 12.9 Å². The van der Waals surface area contributed by atoms with Gasteiger partial charge in [-0.05, 0) is 30.7 Å². The van der Waals surface area contributed by atoms with Gasteiger partial charge in [-0.3, -0.25) is 4.57 Å². The summed E-state index contributed by atoms with van der Waals surface area (Å²) in [5.41, 5.74) is 2.14. The van der Waals surface area contributed by atoms with Crippen molar-refractivity contribution in [3.05, 3.63) is 41.9 Å². The first-order chi connectivity index (χ1) is 15.0. The molecule has 2 aromatic heterocycles. The number of imidazole rings is 1. The van der Waals surface area contributed by atoms with Gasteiger partial charge in [-0.2, -0.15) is 0 Å². The zero-order valence-corrected chi connectivity index (χ0v) is 17.3. The second-order valence-corrected chi connectivity index (χ2v) is 8.26. The van der Waals surface area contributed by atoms with Crippen LogP contribution in [0.25, 0.3) is 11.2 Å². The highest BCUT2D eigenvalue weighted by molar-refractivity contribution is 6.30.